The summed E-state index contributed by atoms with van der Waals surface area (Å²) in [4.78, 5) is 11.5. The zero-order valence-corrected chi connectivity index (χ0v) is 11.3. The van der Waals surface area contributed by atoms with Crippen LogP contribution in [0.1, 0.15) is 16.1 Å². The molecule has 5 nitrogen and oxygen atoms in total. The largest absolute Gasteiger partial charge is 0.354 e. The van der Waals surface area contributed by atoms with Crippen molar-refractivity contribution in [3.63, 3.8) is 0 Å². The molecular formula is C13H15ClN4O. The van der Waals surface area contributed by atoms with Crippen molar-refractivity contribution in [2.24, 2.45) is 5.73 Å². The van der Waals surface area contributed by atoms with Gasteiger partial charge in [-0.05, 0) is 42.8 Å². The molecule has 0 spiro atoms. The van der Waals surface area contributed by atoms with Crippen molar-refractivity contribution in [3.8, 4) is 5.69 Å². The second-order valence-electron chi connectivity index (χ2n) is 4.04. The van der Waals surface area contributed by atoms with Gasteiger partial charge in [-0.1, -0.05) is 11.6 Å². The zero-order valence-electron chi connectivity index (χ0n) is 10.6. The average Bonchev–Trinajstić information content (AvgIpc) is 2.88. The second kappa shape index (κ2) is 5.86. The molecule has 0 radical (unpaired) electrons. The van der Waals surface area contributed by atoms with E-state index in [2.05, 4.69) is 10.4 Å². The van der Waals surface area contributed by atoms with E-state index in [4.69, 9.17) is 17.3 Å². The van der Waals surface area contributed by atoms with Crippen LogP contribution in [-0.2, 0) is 6.42 Å². The van der Waals surface area contributed by atoms with Crippen LogP contribution in [0.5, 0.6) is 0 Å². The van der Waals surface area contributed by atoms with Gasteiger partial charge in [-0.3, -0.25) is 4.79 Å². The first-order valence-corrected chi connectivity index (χ1v) is 6.30. The first-order valence-electron chi connectivity index (χ1n) is 5.92. The number of aromatic nitrogens is 2. The van der Waals surface area contributed by atoms with Crippen LogP contribution in [-0.4, -0.2) is 29.3 Å². The van der Waals surface area contributed by atoms with E-state index < -0.39 is 0 Å². The molecule has 3 N–H and O–H groups in total. The van der Waals surface area contributed by atoms with Crippen LogP contribution in [0, 0.1) is 0 Å². The smallest absolute Gasteiger partial charge is 0.271 e. The van der Waals surface area contributed by atoms with Gasteiger partial charge >= 0.3 is 0 Å². The Hall–Kier alpha value is -1.85. The number of benzene rings is 1. The van der Waals surface area contributed by atoms with E-state index in [-0.39, 0.29) is 5.91 Å². The van der Waals surface area contributed by atoms with Crippen LogP contribution >= 0.6 is 11.6 Å². The maximum Gasteiger partial charge on any atom is 0.271 e. The maximum absolute atomic E-state index is 11.5. The maximum atomic E-state index is 11.5. The highest BCUT2D eigenvalue weighted by Gasteiger charge is 2.10. The summed E-state index contributed by atoms with van der Waals surface area (Å²) < 4.78 is 1.66. The third-order valence-electron chi connectivity index (χ3n) is 2.75. The molecule has 0 aliphatic rings. The Balaban J connectivity index is 2.40. The summed E-state index contributed by atoms with van der Waals surface area (Å²) in [6, 6.07) is 7.19. The Kier molecular flexibility index (Phi) is 4.19. The number of hydrogen-bond acceptors (Lipinski definition) is 3. The summed E-state index contributed by atoms with van der Waals surface area (Å²) >= 11 is 5.98. The quantitative estimate of drug-likeness (QED) is 0.888. The first-order chi connectivity index (χ1) is 9.15. The molecule has 1 aromatic heterocycles. The molecular weight excluding hydrogens is 264 g/mol. The summed E-state index contributed by atoms with van der Waals surface area (Å²) in [6.45, 7) is 0.525. The van der Waals surface area contributed by atoms with Gasteiger partial charge in [0.25, 0.3) is 5.91 Å². The molecule has 0 fully saturated rings. The number of nitrogens with two attached hydrogens (primary N) is 1. The van der Waals surface area contributed by atoms with Gasteiger partial charge in [0.05, 0.1) is 5.69 Å². The molecule has 0 aliphatic carbocycles. The summed E-state index contributed by atoms with van der Waals surface area (Å²) in [6.07, 6.45) is 2.44. The van der Waals surface area contributed by atoms with Gasteiger partial charge in [0.2, 0.25) is 0 Å². The van der Waals surface area contributed by atoms with Crippen molar-refractivity contribution in [2.75, 3.05) is 13.6 Å². The van der Waals surface area contributed by atoms with E-state index in [0.717, 1.165) is 11.3 Å². The molecule has 100 valence electrons. The molecule has 2 rings (SSSR count). The van der Waals surface area contributed by atoms with Gasteiger partial charge in [-0.25, -0.2) is 4.68 Å². The second-order valence-corrected chi connectivity index (χ2v) is 4.47. The van der Waals surface area contributed by atoms with Crippen molar-refractivity contribution < 1.29 is 4.79 Å². The van der Waals surface area contributed by atoms with E-state index in [1.165, 1.54) is 0 Å². The standard InChI is InChI=1S/C13H15ClN4O/c1-16-13(19)11-5-7-18(17-11)12-3-2-10(14)8-9(12)4-6-15/h2-3,5,7-8H,4,6,15H2,1H3,(H,16,19). The Morgan fingerprint density at radius 2 is 2.26 bits per heavy atom. The number of nitrogens with zero attached hydrogens (tertiary/aromatic N) is 2. The average molecular weight is 279 g/mol. The third kappa shape index (κ3) is 2.94. The molecule has 0 saturated carbocycles. The van der Waals surface area contributed by atoms with Crippen LogP contribution in [0.25, 0.3) is 5.69 Å². The molecule has 0 bridgehead atoms. The minimum Gasteiger partial charge on any atom is -0.354 e. The molecule has 0 saturated heterocycles. The number of carbonyl (C=O) groups excluding carboxylic acids is 1. The van der Waals surface area contributed by atoms with Gasteiger partial charge in [-0.15, -0.1) is 0 Å². The lowest BCUT2D eigenvalue weighted by atomic mass is 10.1. The van der Waals surface area contributed by atoms with Gasteiger partial charge in [0.1, 0.15) is 0 Å². The van der Waals surface area contributed by atoms with Crippen molar-refractivity contribution in [3.05, 3.63) is 46.7 Å². The van der Waals surface area contributed by atoms with Crippen molar-refractivity contribution in [1.29, 1.82) is 0 Å². The SMILES string of the molecule is CNC(=O)c1ccn(-c2ccc(Cl)cc2CCN)n1. The van der Waals surface area contributed by atoms with E-state index in [1.54, 1.807) is 30.1 Å². The Morgan fingerprint density at radius 1 is 1.47 bits per heavy atom. The molecule has 0 aliphatic heterocycles. The van der Waals surface area contributed by atoms with Gasteiger partial charge in [-0.2, -0.15) is 5.10 Å². The molecule has 1 heterocycles. The summed E-state index contributed by atoms with van der Waals surface area (Å²) in [5.74, 6) is -0.215. The van der Waals surface area contributed by atoms with E-state index in [9.17, 15) is 4.79 Å². The van der Waals surface area contributed by atoms with Crippen LogP contribution in [0.3, 0.4) is 0 Å². The molecule has 0 unspecified atom stereocenters. The minimum absolute atomic E-state index is 0.215. The fraction of sp³-hybridized carbons (Fsp3) is 0.231. The molecule has 6 heteroatoms. The summed E-state index contributed by atoms with van der Waals surface area (Å²) in [5.41, 5.74) is 7.85. The van der Waals surface area contributed by atoms with Crippen molar-refractivity contribution in [1.82, 2.24) is 15.1 Å². The predicted molar refractivity (Wildman–Crippen MR) is 74.7 cm³/mol. The third-order valence-corrected chi connectivity index (χ3v) is 2.99. The van der Waals surface area contributed by atoms with Crippen molar-refractivity contribution >= 4 is 17.5 Å². The number of halogens is 1. The van der Waals surface area contributed by atoms with Crippen LogP contribution < -0.4 is 11.1 Å². The molecule has 19 heavy (non-hydrogen) atoms. The minimum atomic E-state index is -0.215. The highest BCUT2D eigenvalue weighted by molar-refractivity contribution is 6.30. The van der Waals surface area contributed by atoms with Crippen LogP contribution in [0.15, 0.2) is 30.5 Å². The number of rotatable bonds is 4. The fourth-order valence-electron chi connectivity index (χ4n) is 1.84. The Bertz CT molecular complexity index is 594. The fourth-order valence-corrected chi connectivity index (χ4v) is 2.04. The lowest BCUT2D eigenvalue weighted by Gasteiger charge is -2.09. The molecule has 2 aromatic rings. The summed E-state index contributed by atoms with van der Waals surface area (Å²) in [7, 11) is 1.57. The zero-order chi connectivity index (χ0) is 13.8. The number of amides is 1. The van der Waals surface area contributed by atoms with Crippen LogP contribution in [0.4, 0.5) is 0 Å². The molecule has 1 amide bonds. The Morgan fingerprint density at radius 3 is 2.95 bits per heavy atom. The van der Waals surface area contributed by atoms with E-state index >= 15 is 0 Å². The van der Waals surface area contributed by atoms with Crippen molar-refractivity contribution in [2.45, 2.75) is 6.42 Å². The molecule has 1 aromatic carbocycles. The number of carbonyl (C=O) groups is 1. The first kappa shape index (κ1) is 13.6. The van der Waals surface area contributed by atoms with Gasteiger partial charge in [0, 0.05) is 18.3 Å². The lowest BCUT2D eigenvalue weighted by Crippen LogP contribution is -2.18. The number of hydrogen-bond donors (Lipinski definition) is 2. The monoisotopic (exact) mass is 278 g/mol. The van der Waals surface area contributed by atoms with Crippen LogP contribution in [0.2, 0.25) is 5.02 Å². The van der Waals surface area contributed by atoms with Gasteiger partial charge < -0.3 is 11.1 Å². The topological polar surface area (TPSA) is 72.9 Å². The van der Waals surface area contributed by atoms with E-state index in [1.807, 2.05) is 12.1 Å². The predicted octanol–water partition coefficient (Wildman–Crippen LogP) is 1.39. The highest BCUT2D eigenvalue weighted by Crippen LogP contribution is 2.20. The highest BCUT2D eigenvalue weighted by atomic mass is 35.5. The van der Waals surface area contributed by atoms with Gasteiger partial charge in [0.15, 0.2) is 5.69 Å². The normalized spacial score (nSPS) is 10.5. The van der Waals surface area contributed by atoms with E-state index in [0.29, 0.717) is 23.7 Å². The summed E-state index contributed by atoms with van der Waals surface area (Å²) in [5, 5.41) is 7.44. The number of nitrogens with one attached hydrogen (secondary N) is 1. The lowest BCUT2D eigenvalue weighted by molar-refractivity contribution is 0.0957. The molecule has 0 atom stereocenters. The Labute approximate surface area is 116 Å².